The summed E-state index contributed by atoms with van der Waals surface area (Å²) in [6.07, 6.45) is 1.08. The standard InChI is InChI=1S/C20H16F2N6O2/c21-20(22)8-11-27(18(29)17-25-19-23-9-3-10-28(19)26-17)12-15(20)30-16-7-6-13-4-1-2-5-14(13)24-16/h1-7,9-10,15H,8,11-12H2. The lowest BCUT2D eigenvalue weighted by Crippen LogP contribution is -2.55. The number of carbonyl (C=O) groups excluding carboxylic acids is 1. The number of fused-ring (bicyclic) bond motifs is 2. The van der Waals surface area contributed by atoms with Crippen LogP contribution in [0.3, 0.4) is 0 Å². The fourth-order valence-corrected chi connectivity index (χ4v) is 3.40. The van der Waals surface area contributed by atoms with Gasteiger partial charge in [0.05, 0.1) is 12.1 Å². The summed E-state index contributed by atoms with van der Waals surface area (Å²) >= 11 is 0. The summed E-state index contributed by atoms with van der Waals surface area (Å²) in [5.41, 5.74) is 0.642. The van der Waals surface area contributed by atoms with Gasteiger partial charge in [0.25, 0.3) is 17.6 Å². The molecule has 0 N–H and O–H groups in total. The normalized spacial score (nSPS) is 18.6. The summed E-state index contributed by atoms with van der Waals surface area (Å²) in [5, 5.41) is 4.96. The maximum atomic E-state index is 14.5. The van der Waals surface area contributed by atoms with E-state index in [9.17, 15) is 13.6 Å². The molecule has 0 radical (unpaired) electrons. The first-order chi connectivity index (χ1) is 14.5. The molecule has 0 spiro atoms. The minimum Gasteiger partial charge on any atom is -0.466 e. The Bertz CT molecular complexity index is 1210. The molecule has 10 heteroatoms. The Morgan fingerprint density at radius 2 is 2.00 bits per heavy atom. The molecule has 4 heterocycles. The molecule has 1 aliphatic heterocycles. The summed E-state index contributed by atoms with van der Waals surface area (Å²) in [7, 11) is 0. The number of piperidine rings is 1. The molecule has 30 heavy (non-hydrogen) atoms. The lowest BCUT2D eigenvalue weighted by Gasteiger charge is -2.37. The van der Waals surface area contributed by atoms with Crippen LogP contribution in [0.1, 0.15) is 17.0 Å². The number of halogens is 2. The number of para-hydroxylation sites is 1. The van der Waals surface area contributed by atoms with Gasteiger partial charge in [-0.25, -0.2) is 23.3 Å². The van der Waals surface area contributed by atoms with Crippen LogP contribution in [0.15, 0.2) is 54.9 Å². The maximum Gasteiger partial charge on any atom is 0.293 e. The number of benzene rings is 1. The van der Waals surface area contributed by atoms with Crippen molar-refractivity contribution < 1.29 is 18.3 Å². The highest BCUT2D eigenvalue weighted by molar-refractivity contribution is 5.91. The largest absolute Gasteiger partial charge is 0.466 e. The van der Waals surface area contributed by atoms with Gasteiger partial charge < -0.3 is 9.64 Å². The topological polar surface area (TPSA) is 85.5 Å². The summed E-state index contributed by atoms with van der Waals surface area (Å²) in [5.74, 6) is -3.39. The first-order valence-electron chi connectivity index (χ1n) is 9.36. The average molecular weight is 410 g/mol. The second kappa shape index (κ2) is 6.97. The minimum absolute atomic E-state index is 0.0859. The van der Waals surface area contributed by atoms with Crippen molar-refractivity contribution in [2.45, 2.75) is 18.4 Å². The first kappa shape index (κ1) is 18.3. The van der Waals surface area contributed by atoms with E-state index in [0.717, 1.165) is 5.39 Å². The van der Waals surface area contributed by atoms with Gasteiger partial charge in [0.2, 0.25) is 11.7 Å². The van der Waals surface area contributed by atoms with Gasteiger partial charge in [0.1, 0.15) is 0 Å². The van der Waals surface area contributed by atoms with E-state index >= 15 is 0 Å². The lowest BCUT2D eigenvalue weighted by molar-refractivity contribution is -0.131. The highest BCUT2D eigenvalue weighted by Gasteiger charge is 2.47. The van der Waals surface area contributed by atoms with Crippen molar-refractivity contribution in [1.82, 2.24) is 29.5 Å². The van der Waals surface area contributed by atoms with Crippen LogP contribution in [0.2, 0.25) is 0 Å². The molecule has 1 saturated heterocycles. The first-order valence-corrected chi connectivity index (χ1v) is 9.36. The zero-order chi connectivity index (χ0) is 20.7. The number of aromatic nitrogens is 5. The van der Waals surface area contributed by atoms with Gasteiger partial charge >= 0.3 is 0 Å². The van der Waals surface area contributed by atoms with Crippen LogP contribution >= 0.6 is 0 Å². The average Bonchev–Trinajstić information content (AvgIpc) is 3.19. The molecule has 152 valence electrons. The third kappa shape index (κ3) is 3.30. The SMILES string of the molecule is O=C(c1nc2ncccn2n1)N1CCC(F)(F)C(Oc2ccc3ccccc3n2)C1. The molecule has 8 nitrogen and oxygen atoms in total. The number of carbonyl (C=O) groups is 1. The molecular weight excluding hydrogens is 394 g/mol. The molecule has 1 aromatic carbocycles. The molecule has 5 rings (SSSR count). The van der Waals surface area contributed by atoms with Gasteiger partial charge in [-0.2, -0.15) is 4.98 Å². The van der Waals surface area contributed by atoms with E-state index in [1.807, 2.05) is 18.2 Å². The predicted molar refractivity (Wildman–Crippen MR) is 102 cm³/mol. The Hall–Kier alpha value is -3.69. The molecular formula is C20H16F2N6O2. The second-order valence-corrected chi connectivity index (χ2v) is 7.01. The van der Waals surface area contributed by atoms with Crippen LogP contribution in [-0.2, 0) is 0 Å². The summed E-state index contributed by atoms with van der Waals surface area (Å²) in [6.45, 7) is -0.427. The molecule has 1 aliphatic rings. The highest BCUT2D eigenvalue weighted by atomic mass is 19.3. The van der Waals surface area contributed by atoms with E-state index in [1.165, 1.54) is 15.6 Å². The van der Waals surface area contributed by atoms with Crippen LogP contribution in [-0.4, -0.2) is 60.5 Å². The molecule has 1 unspecified atom stereocenters. The van der Waals surface area contributed by atoms with Gasteiger partial charge in [-0.3, -0.25) is 4.79 Å². The lowest BCUT2D eigenvalue weighted by atomic mass is 10.0. The molecule has 1 fully saturated rings. The summed E-state index contributed by atoms with van der Waals surface area (Å²) in [4.78, 5) is 26.5. The Morgan fingerprint density at radius 3 is 2.87 bits per heavy atom. The molecule has 1 atom stereocenters. The van der Waals surface area contributed by atoms with E-state index < -0.39 is 24.4 Å². The van der Waals surface area contributed by atoms with Crippen LogP contribution in [0, 0.1) is 0 Å². The van der Waals surface area contributed by atoms with Crippen LogP contribution < -0.4 is 4.74 Å². The number of nitrogens with zero attached hydrogens (tertiary/aromatic N) is 6. The van der Waals surface area contributed by atoms with E-state index in [1.54, 1.807) is 30.5 Å². The van der Waals surface area contributed by atoms with Crippen molar-refractivity contribution in [3.63, 3.8) is 0 Å². The van der Waals surface area contributed by atoms with Crippen LogP contribution in [0.5, 0.6) is 5.88 Å². The number of amides is 1. The number of pyridine rings is 1. The van der Waals surface area contributed by atoms with Crippen LogP contribution in [0.4, 0.5) is 8.78 Å². The number of rotatable bonds is 3. The molecule has 0 aliphatic carbocycles. The van der Waals surface area contributed by atoms with Crippen molar-refractivity contribution in [2.75, 3.05) is 13.1 Å². The monoisotopic (exact) mass is 410 g/mol. The van der Waals surface area contributed by atoms with Gasteiger partial charge in [-0.15, -0.1) is 5.10 Å². The fraction of sp³-hybridized carbons (Fsp3) is 0.250. The molecule has 1 amide bonds. The van der Waals surface area contributed by atoms with E-state index in [0.29, 0.717) is 5.52 Å². The van der Waals surface area contributed by atoms with Gasteiger partial charge in [0, 0.05) is 36.8 Å². The van der Waals surface area contributed by atoms with Gasteiger partial charge in [-0.1, -0.05) is 18.2 Å². The zero-order valence-electron chi connectivity index (χ0n) is 15.7. The number of likely N-dealkylation sites (tertiary alicyclic amines) is 1. The Labute approximate surface area is 169 Å². The van der Waals surface area contributed by atoms with Gasteiger partial charge in [0.15, 0.2) is 6.10 Å². The number of hydrogen-bond donors (Lipinski definition) is 0. The van der Waals surface area contributed by atoms with Crippen LogP contribution in [0.25, 0.3) is 16.7 Å². The van der Waals surface area contributed by atoms with E-state index in [4.69, 9.17) is 4.74 Å². The Morgan fingerprint density at radius 1 is 1.13 bits per heavy atom. The third-order valence-corrected chi connectivity index (χ3v) is 5.00. The smallest absolute Gasteiger partial charge is 0.293 e. The summed E-state index contributed by atoms with van der Waals surface area (Å²) < 4.78 is 36.0. The van der Waals surface area contributed by atoms with E-state index in [-0.39, 0.29) is 30.6 Å². The Kier molecular flexibility index (Phi) is 4.27. The number of ether oxygens (including phenoxy) is 1. The molecule has 3 aromatic heterocycles. The second-order valence-electron chi connectivity index (χ2n) is 7.01. The predicted octanol–water partition coefficient (Wildman–Crippen LogP) is 2.60. The molecule has 0 saturated carbocycles. The maximum absolute atomic E-state index is 14.5. The quantitative estimate of drug-likeness (QED) is 0.516. The fourth-order valence-electron chi connectivity index (χ4n) is 3.40. The molecule has 0 bridgehead atoms. The van der Waals surface area contributed by atoms with Crippen molar-refractivity contribution in [1.29, 1.82) is 0 Å². The van der Waals surface area contributed by atoms with Gasteiger partial charge in [-0.05, 0) is 18.2 Å². The zero-order valence-corrected chi connectivity index (χ0v) is 15.7. The minimum atomic E-state index is -3.10. The van der Waals surface area contributed by atoms with Crippen molar-refractivity contribution in [3.05, 3.63) is 60.7 Å². The molecule has 4 aromatic rings. The number of hydrogen-bond acceptors (Lipinski definition) is 6. The summed E-state index contributed by atoms with van der Waals surface area (Å²) in [6, 6.07) is 12.3. The third-order valence-electron chi connectivity index (χ3n) is 5.00. The van der Waals surface area contributed by atoms with Crippen molar-refractivity contribution >= 4 is 22.6 Å². The van der Waals surface area contributed by atoms with Crippen molar-refractivity contribution in [3.8, 4) is 5.88 Å². The van der Waals surface area contributed by atoms with E-state index in [2.05, 4.69) is 20.1 Å². The van der Waals surface area contributed by atoms with Crippen molar-refractivity contribution in [2.24, 2.45) is 0 Å². The Balaban J connectivity index is 1.38. The highest BCUT2D eigenvalue weighted by Crippen LogP contribution is 2.32. The number of alkyl halides is 2.